The Kier molecular flexibility index (Phi) is 4.11. The van der Waals surface area contributed by atoms with Gasteiger partial charge in [0.15, 0.2) is 0 Å². The third kappa shape index (κ3) is 3.18. The van der Waals surface area contributed by atoms with Crippen LogP contribution in [0.2, 0.25) is 0 Å². The predicted molar refractivity (Wildman–Crippen MR) is 78.0 cm³/mol. The molecular weight excluding hydrogens is 274 g/mol. The number of phenolic OH excluding ortho intramolecular Hbond substituents is 1. The first-order valence-electron chi connectivity index (χ1n) is 6.24. The Labute approximate surface area is 119 Å². The smallest absolute Gasteiger partial charge is 0.240 e. The average Bonchev–Trinajstić information content (AvgIpc) is 2.41. The van der Waals surface area contributed by atoms with Crippen molar-refractivity contribution in [2.75, 3.05) is 0 Å². The van der Waals surface area contributed by atoms with Crippen molar-refractivity contribution in [2.45, 2.75) is 25.3 Å². The molecule has 0 saturated carbocycles. The van der Waals surface area contributed by atoms with E-state index in [-0.39, 0.29) is 17.2 Å². The number of hydrogen-bond acceptors (Lipinski definition) is 3. The van der Waals surface area contributed by atoms with Gasteiger partial charge in [-0.2, -0.15) is 0 Å². The summed E-state index contributed by atoms with van der Waals surface area (Å²) >= 11 is 0. The molecule has 2 N–H and O–H groups in total. The van der Waals surface area contributed by atoms with E-state index in [1.807, 2.05) is 13.8 Å². The molecule has 0 aliphatic heterocycles. The second-order valence-corrected chi connectivity index (χ2v) is 6.47. The van der Waals surface area contributed by atoms with Crippen LogP contribution in [-0.2, 0) is 16.6 Å². The normalized spacial score (nSPS) is 11.5. The molecule has 0 atom stereocenters. The van der Waals surface area contributed by atoms with E-state index in [9.17, 15) is 13.5 Å². The summed E-state index contributed by atoms with van der Waals surface area (Å²) in [4.78, 5) is 0.232. The number of aryl methyl sites for hydroxylation is 2. The summed E-state index contributed by atoms with van der Waals surface area (Å²) in [6.07, 6.45) is 0. The molecule has 0 aromatic heterocycles. The molecule has 0 fully saturated rings. The first-order valence-corrected chi connectivity index (χ1v) is 7.72. The van der Waals surface area contributed by atoms with Gasteiger partial charge < -0.3 is 5.11 Å². The lowest BCUT2D eigenvalue weighted by molar-refractivity contribution is 0.467. The van der Waals surface area contributed by atoms with Crippen molar-refractivity contribution in [3.63, 3.8) is 0 Å². The zero-order chi connectivity index (χ0) is 14.8. The van der Waals surface area contributed by atoms with E-state index in [0.29, 0.717) is 5.56 Å². The van der Waals surface area contributed by atoms with Crippen LogP contribution in [0.25, 0.3) is 0 Å². The molecule has 0 saturated heterocycles. The first-order chi connectivity index (χ1) is 9.40. The number of rotatable bonds is 4. The lowest BCUT2D eigenvalue weighted by atomic mass is 10.1. The maximum absolute atomic E-state index is 12.2. The van der Waals surface area contributed by atoms with Gasteiger partial charge >= 0.3 is 0 Å². The summed E-state index contributed by atoms with van der Waals surface area (Å²) in [7, 11) is -3.58. The molecule has 2 aromatic rings. The Morgan fingerprint density at radius 3 is 2.40 bits per heavy atom. The average molecular weight is 291 g/mol. The Bertz CT molecular complexity index is 724. The summed E-state index contributed by atoms with van der Waals surface area (Å²) in [5.41, 5.74) is 2.51. The van der Waals surface area contributed by atoms with Crippen LogP contribution in [0.1, 0.15) is 16.7 Å². The highest BCUT2D eigenvalue weighted by Crippen LogP contribution is 2.18. The van der Waals surface area contributed by atoms with E-state index in [1.54, 1.807) is 36.4 Å². The molecule has 0 unspecified atom stereocenters. The van der Waals surface area contributed by atoms with Crippen LogP contribution in [0.3, 0.4) is 0 Å². The molecule has 20 heavy (non-hydrogen) atoms. The van der Waals surface area contributed by atoms with Crippen molar-refractivity contribution < 1.29 is 13.5 Å². The van der Waals surface area contributed by atoms with E-state index in [0.717, 1.165) is 11.1 Å². The van der Waals surface area contributed by atoms with E-state index >= 15 is 0 Å². The fourth-order valence-electron chi connectivity index (χ4n) is 1.80. The number of sulfonamides is 1. The molecule has 0 aliphatic carbocycles. The quantitative estimate of drug-likeness (QED) is 0.909. The molecule has 0 heterocycles. The zero-order valence-corrected chi connectivity index (χ0v) is 12.2. The fourth-order valence-corrected chi connectivity index (χ4v) is 2.89. The van der Waals surface area contributed by atoms with Crippen LogP contribution < -0.4 is 4.72 Å². The van der Waals surface area contributed by atoms with Crippen molar-refractivity contribution in [1.82, 2.24) is 4.72 Å². The monoisotopic (exact) mass is 291 g/mol. The highest BCUT2D eigenvalue weighted by molar-refractivity contribution is 7.89. The molecule has 0 spiro atoms. The Balaban J connectivity index is 2.19. The minimum Gasteiger partial charge on any atom is -0.508 e. The molecular formula is C15H17NO3S. The van der Waals surface area contributed by atoms with Crippen LogP contribution in [0.5, 0.6) is 5.75 Å². The summed E-state index contributed by atoms with van der Waals surface area (Å²) < 4.78 is 26.9. The third-order valence-corrected chi connectivity index (χ3v) is 4.63. The number of hydrogen-bond donors (Lipinski definition) is 2. The summed E-state index contributed by atoms with van der Waals surface area (Å²) in [6, 6.07) is 11.6. The van der Waals surface area contributed by atoms with Crippen LogP contribution in [-0.4, -0.2) is 13.5 Å². The van der Waals surface area contributed by atoms with Crippen molar-refractivity contribution in [3.8, 4) is 5.75 Å². The molecule has 0 aliphatic rings. The lowest BCUT2D eigenvalue weighted by Crippen LogP contribution is -2.23. The van der Waals surface area contributed by atoms with E-state index < -0.39 is 10.0 Å². The Morgan fingerprint density at radius 2 is 1.75 bits per heavy atom. The molecule has 106 valence electrons. The van der Waals surface area contributed by atoms with Crippen LogP contribution in [0.4, 0.5) is 0 Å². The summed E-state index contributed by atoms with van der Waals surface area (Å²) in [5.74, 6) is 0.0790. The number of para-hydroxylation sites is 1. The highest BCUT2D eigenvalue weighted by atomic mass is 32.2. The van der Waals surface area contributed by atoms with Gasteiger partial charge in [0, 0.05) is 12.1 Å². The maximum Gasteiger partial charge on any atom is 0.240 e. The number of aromatic hydroxyl groups is 1. The van der Waals surface area contributed by atoms with Crippen molar-refractivity contribution in [3.05, 3.63) is 59.2 Å². The topological polar surface area (TPSA) is 66.4 Å². The highest BCUT2D eigenvalue weighted by Gasteiger charge is 2.15. The lowest BCUT2D eigenvalue weighted by Gasteiger charge is -2.09. The molecule has 0 bridgehead atoms. The minimum atomic E-state index is -3.58. The number of phenols is 1. The van der Waals surface area contributed by atoms with Gasteiger partial charge in [0.25, 0.3) is 0 Å². The Morgan fingerprint density at radius 1 is 1.05 bits per heavy atom. The van der Waals surface area contributed by atoms with Gasteiger partial charge in [-0.25, -0.2) is 13.1 Å². The maximum atomic E-state index is 12.2. The number of nitrogens with one attached hydrogen (secondary N) is 1. The van der Waals surface area contributed by atoms with Crippen molar-refractivity contribution in [2.24, 2.45) is 0 Å². The zero-order valence-electron chi connectivity index (χ0n) is 11.4. The van der Waals surface area contributed by atoms with Gasteiger partial charge in [-0.15, -0.1) is 0 Å². The van der Waals surface area contributed by atoms with Crippen LogP contribution in [0.15, 0.2) is 47.4 Å². The summed E-state index contributed by atoms with van der Waals surface area (Å²) in [5, 5.41) is 9.62. The second kappa shape index (κ2) is 5.64. The third-order valence-electron chi connectivity index (χ3n) is 3.23. The standard InChI is InChI=1S/C15H17NO3S/c1-11-7-8-14(9-12(11)2)20(18,19)16-10-13-5-3-4-6-15(13)17/h3-9,16-17H,10H2,1-2H3. The van der Waals surface area contributed by atoms with Gasteiger partial charge in [-0.05, 0) is 43.2 Å². The molecule has 0 radical (unpaired) electrons. The van der Waals surface area contributed by atoms with E-state index in [4.69, 9.17) is 0 Å². The fraction of sp³-hybridized carbons (Fsp3) is 0.200. The van der Waals surface area contributed by atoms with Crippen molar-refractivity contribution in [1.29, 1.82) is 0 Å². The van der Waals surface area contributed by atoms with Crippen molar-refractivity contribution >= 4 is 10.0 Å². The van der Waals surface area contributed by atoms with Gasteiger partial charge in [0.05, 0.1) is 4.90 Å². The van der Waals surface area contributed by atoms with Gasteiger partial charge in [0.2, 0.25) is 10.0 Å². The van der Waals surface area contributed by atoms with Gasteiger partial charge in [-0.1, -0.05) is 24.3 Å². The van der Waals surface area contributed by atoms with Crippen LogP contribution in [0, 0.1) is 13.8 Å². The molecule has 5 heteroatoms. The Hall–Kier alpha value is -1.85. The second-order valence-electron chi connectivity index (χ2n) is 4.70. The largest absolute Gasteiger partial charge is 0.508 e. The van der Waals surface area contributed by atoms with E-state index in [1.165, 1.54) is 6.07 Å². The van der Waals surface area contributed by atoms with Gasteiger partial charge in [-0.3, -0.25) is 0 Å². The molecule has 2 aromatic carbocycles. The molecule has 4 nitrogen and oxygen atoms in total. The number of benzene rings is 2. The SMILES string of the molecule is Cc1ccc(S(=O)(=O)NCc2ccccc2O)cc1C. The predicted octanol–water partition coefficient (Wildman–Crippen LogP) is 2.49. The van der Waals surface area contributed by atoms with Gasteiger partial charge in [0.1, 0.15) is 5.75 Å². The summed E-state index contributed by atoms with van der Waals surface area (Å²) in [6.45, 7) is 3.86. The first kappa shape index (κ1) is 14.6. The van der Waals surface area contributed by atoms with Crippen LogP contribution >= 0.6 is 0 Å². The minimum absolute atomic E-state index is 0.0575. The molecule has 0 amide bonds. The molecule has 2 rings (SSSR count). The van der Waals surface area contributed by atoms with E-state index in [2.05, 4.69) is 4.72 Å².